The van der Waals surface area contributed by atoms with E-state index in [0.29, 0.717) is 24.4 Å². The van der Waals surface area contributed by atoms with Gasteiger partial charge in [0.2, 0.25) is 5.91 Å². The Morgan fingerprint density at radius 2 is 2.16 bits per heavy atom. The van der Waals surface area contributed by atoms with E-state index in [-0.39, 0.29) is 0 Å². The van der Waals surface area contributed by atoms with Gasteiger partial charge in [-0.3, -0.25) is 4.79 Å². The second-order valence-electron chi connectivity index (χ2n) is 5.78. The van der Waals surface area contributed by atoms with Crippen LogP contribution in [0.15, 0.2) is 0 Å². The number of hydrogen-bond acceptors (Lipinski definition) is 4. The fourth-order valence-corrected chi connectivity index (χ4v) is 5.88. The number of carbonyl (C=O) groups is 1. The minimum atomic E-state index is 0.400. The van der Waals surface area contributed by atoms with E-state index in [2.05, 4.69) is 22.0 Å². The van der Waals surface area contributed by atoms with Crippen LogP contribution in [0.5, 0.6) is 0 Å². The van der Waals surface area contributed by atoms with Crippen molar-refractivity contribution in [3.63, 3.8) is 0 Å². The van der Waals surface area contributed by atoms with Gasteiger partial charge in [-0.25, -0.2) is 0 Å². The summed E-state index contributed by atoms with van der Waals surface area (Å²) in [6, 6.07) is 0.944. The summed E-state index contributed by atoms with van der Waals surface area (Å²) in [4.78, 5) is 14.8. The van der Waals surface area contributed by atoms with Gasteiger partial charge < -0.3 is 10.2 Å². The Bertz CT molecular complexity index is 319. The SMILES string of the molecule is O=C(CC1CSCCN1)N1CCSC2CCCCC21. The van der Waals surface area contributed by atoms with E-state index in [4.69, 9.17) is 0 Å². The molecule has 2 aliphatic heterocycles. The van der Waals surface area contributed by atoms with Crippen molar-refractivity contribution in [3.05, 3.63) is 0 Å². The summed E-state index contributed by atoms with van der Waals surface area (Å²) in [5.74, 6) is 3.83. The van der Waals surface area contributed by atoms with Crippen LogP contribution in [-0.2, 0) is 4.79 Å². The average Bonchev–Trinajstić information content (AvgIpc) is 2.47. The second kappa shape index (κ2) is 6.72. The third-order valence-corrected chi connectivity index (χ3v) is 7.00. The van der Waals surface area contributed by atoms with E-state index in [9.17, 15) is 4.79 Å². The quantitative estimate of drug-likeness (QED) is 0.845. The number of carbonyl (C=O) groups excluding carboxylic acids is 1. The number of hydrogen-bond donors (Lipinski definition) is 1. The van der Waals surface area contributed by atoms with Gasteiger partial charge in [-0.2, -0.15) is 23.5 Å². The van der Waals surface area contributed by atoms with Crippen LogP contribution in [-0.4, -0.2) is 58.5 Å². The highest BCUT2D eigenvalue weighted by Crippen LogP contribution is 2.35. The third-order valence-electron chi connectivity index (χ3n) is 4.47. The summed E-state index contributed by atoms with van der Waals surface area (Å²) in [5, 5.41) is 4.21. The standard InChI is InChI=1S/C14H24N2OS2/c17-14(9-11-10-18-7-5-15-11)16-6-8-19-13-4-2-1-3-12(13)16/h11-13,15H,1-10H2. The first kappa shape index (κ1) is 14.1. The van der Waals surface area contributed by atoms with Crippen LogP contribution in [0, 0.1) is 0 Å². The molecule has 3 unspecified atom stereocenters. The lowest BCUT2D eigenvalue weighted by atomic mass is 9.93. The van der Waals surface area contributed by atoms with Gasteiger partial charge >= 0.3 is 0 Å². The molecule has 0 spiro atoms. The predicted octanol–water partition coefficient (Wildman–Crippen LogP) is 1.97. The van der Waals surface area contributed by atoms with Gasteiger partial charge in [0.05, 0.1) is 0 Å². The highest BCUT2D eigenvalue weighted by molar-refractivity contribution is 8.00. The van der Waals surface area contributed by atoms with Crippen molar-refractivity contribution in [2.45, 2.75) is 49.4 Å². The van der Waals surface area contributed by atoms with E-state index < -0.39 is 0 Å². The molecule has 0 aromatic rings. The zero-order chi connectivity index (χ0) is 13.1. The number of nitrogens with zero attached hydrogens (tertiary/aromatic N) is 1. The molecular weight excluding hydrogens is 276 g/mol. The molecule has 0 aromatic heterocycles. The molecule has 1 N–H and O–H groups in total. The van der Waals surface area contributed by atoms with E-state index in [1.165, 1.54) is 31.4 Å². The van der Waals surface area contributed by atoms with E-state index in [0.717, 1.165) is 29.8 Å². The average molecular weight is 300 g/mol. The van der Waals surface area contributed by atoms with Crippen molar-refractivity contribution in [1.29, 1.82) is 0 Å². The van der Waals surface area contributed by atoms with E-state index in [1.807, 2.05) is 11.8 Å². The van der Waals surface area contributed by atoms with Gasteiger partial charge in [0.15, 0.2) is 0 Å². The van der Waals surface area contributed by atoms with Gasteiger partial charge in [0.1, 0.15) is 0 Å². The van der Waals surface area contributed by atoms with Crippen LogP contribution >= 0.6 is 23.5 Å². The summed E-state index contributed by atoms with van der Waals surface area (Å²) >= 11 is 4.08. The third kappa shape index (κ3) is 3.42. The van der Waals surface area contributed by atoms with Crippen LogP contribution in [0.25, 0.3) is 0 Å². The molecular formula is C14H24N2OS2. The molecule has 1 saturated carbocycles. The van der Waals surface area contributed by atoms with Crippen molar-refractivity contribution < 1.29 is 4.79 Å². The van der Waals surface area contributed by atoms with Gasteiger partial charge in [-0.1, -0.05) is 12.8 Å². The molecule has 3 rings (SSSR count). The predicted molar refractivity (Wildman–Crippen MR) is 83.9 cm³/mol. The Labute approximate surface area is 124 Å². The summed E-state index contributed by atoms with van der Waals surface area (Å²) in [5.41, 5.74) is 0. The summed E-state index contributed by atoms with van der Waals surface area (Å²) in [7, 11) is 0. The smallest absolute Gasteiger partial charge is 0.224 e. The van der Waals surface area contributed by atoms with Crippen molar-refractivity contribution in [2.24, 2.45) is 0 Å². The first-order chi connectivity index (χ1) is 9.34. The van der Waals surface area contributed by atoms with Gasteiger partial charge in [-0.15, -0.1) is 0 Å². The summed E-state index contributed by atoms with van der Waals surface area (Å²) in [6.45, 7) is 2.04. The van der Waals surface area contributed by atoms with Crippen LogP contribution in [0.2, 0.25) is 0 Å². The van der Waals surface area contributed by atoms with Crippen LogP contribution in [0.1, 0.15) is 32.1 Å². The van der Waals surface area contributed by atoms with Crippen molar-refractivity contribution in [3.8, 4) is 0 Å². The summed E-state index contributed by atoms with van der Waals surface area (Å²) < 4.78 is 0. The monoisotopic (exact) mass is 300 g/mol. The normalized spacial score (nSPS) is 35.8. The van der Waals surface area contributed by atoms with Crippen molar-refractivity contribution in [2.75, 3.05) is 30.3 Å². The van der Waals surface area contributed by atoms with Crippen molar-refractivity contribution in [1.82, 2.24) is 10.2 Å². The highest BCUT2D eigenvalue weighted by atomic mass is 32.2. The molecule has 1 amide bonds. The lowest BCUT2D eigenvalue weighted by molar-refractivity contribution is -0.134. The summed E-state index contributed by atoms with van der Waals surface area (Å²) in [6.07, 6.45) is 5.92. The molecule has 0 bridgehead atoms. The Balaban J connectivity index is 1.58. The zero-order valence-corrected chi connectivity index (χ0v) is 13.1. The molecule has 2 heterocycles. The molecule has 5 heteroatoms. The molecule has 3 nitrogen and oxygen atoms in total. The number of nitrogens with one attached hydrogen (secondary N) is 1. The molecule has 0 aromatic carbocycles. The first-order valence-corrected chi connectivity index (χ1v) is 9.77. The molecule has 0 radical (unpaired) electrons. The molecule has 2 saturated heterocycles. The van der Waals surface area contributed by atoms with Gasteiger partial charge in [0, 0.05) is 54.1 Å². The fraction of sp³-hybridized carbons (Fsp3) is 0.929. The Kier molecular flexibility index (Phi) is 4.98. The van der Waals surface area contributed by atoms with Crippen LogP contribution in [0.3, 0.4) is 0 Å². The highest BCUT2D eigenvalue weighted by Gasteiger charge is 2.36. The fourth-order valence-electron chi connectivity index (χ4n) is 3.48. The maximum Gasteiger partial charge on any atom is 0.224 e. The number of rotatable bonds is 2. The second-order valence-corrected chi connectivity index (χ2v) is 8.28. The number of amides is 1. The molecule has 19 heavy (non-hydrogen) atoms. The minimum absolute atomic E-state index is 0.400. The zero-order valence-electron chi connectivity index (χ0n) is 11.5. The van der Waals surface area contributed by atoms with Crippen LogP contribution in [0.4, 0.5) is 0 Å². The van der Waals surface area contributed by atoms with Gasteiger partial charge in [0.25, 0.3) is 0 Å². The first-order valence-electron chi connectivity index (χ1n) is 7.57. The van der Waals surface area contributed by atoms with E-state index in [1.54, 1.807) is 0 Å². The maximum absolute atomic E-state index is 12.6. The largest absolute Gasteiger partial charge is 0.338 e. The molecule has 3 fully saturated rings. The Morgan fingerprint density at radius 3 is 3.00 bits per heavy atom. The lowest BCUT2D eigenvalue weighted by Crippen LogP contribution is -2.53. The maximum atomic E-state index is 12.6. The lowest BCUT2D eigenvalue weighted by Gasteiger charge is -2.44. The van der Waals surface area contributed by atoms with Crippen molar-refractivity contribution >= 4 is 29.4 Å². The van der Waals surface area contributed by atoms with E-state index >= 15 is 0 Å². The molecule has 1 aliphatic carbocycles. The Hall–Kier alpha value is 0.130. The molecule has 3 atom stereocenters. The van der Waals surface area contributed by atoms with Crippen LogP contribution < -0.4 is 5.32 Å². The topological polar surface area (TPSA) is 32.3 Å². The Morgan fingerprint density at radius 1 is 1.26 bits per heavy atom. The molecule has 108 valence electrons. The minimum Gasteiger partial charge on any atom is -0.338 e. The number of fused-ring (bicyclic) bond motifs is 1. The van der Waals surface area contributed by atoms with Gasteiger partial charge in [-0.05, 0) is 12.8 Å². The number of thioether (sulfide) groups is 2. The molecule has 3 aliphatic rings.